The van der Waals surface area contributed by atoms with E-state index in [1.54, 1.807) is 23.6 Å². The maximum atomic E-state index is 12.9. The summed E-state index contributed by atoms with van der Waals surface area (Å²) in [6, 6.07) is 13.1. The number of para-hydroxylation sites is 1. The van der Waals surface area contributed by atoms with Gasteiger partial charge in [0.1, 0.15) is 11.8 Å². The molecular formula is C23H20N2O4S. The zero-order valence-corrected chi connectivity index (χ0v) is 17.4. The van der Waals surface area contributed by atoms with Gasteiger partial charge in [-0.1, -0.05) is 24.3 Å². The summed E-state index contributed by atoms with van der Waals surface area (Å²) in [5.41, 5.74) is 4.28. The summed E-state index contributed by atoms with van der Waals surface area (Å²) in [7, 11) is 0. The second-order valence-corrected chi connectivity index (χ2v) is 7.91. The number of carboxylic acids is 1. The molecule has 4 rings (SSSR count). The molecule has 2 aromatic carbocycles. The molecule has 6 nitrogen and oxygen atoms in total. The van der Waals surface area contributed by atoms with Gasteiger partial charge in [-0.2, -0.15) is 0 Å². The van der Waals surface area contributed by atoms with Crippen molar-refractivity contribution in [1.82, 2.24) is 4.98 Å². The number of aromatic nitrogens is 1. The lowest BCUT2D eigenvalue weighted by atomic mass is 10.1. The minimum atomic E-state index is -0.878. The highest BCUT2D eigenvalue weighted by Gasteiger charge is 2.19. The van der Waals surface area contributed by atoms with Gasteiger partial charge in [0, 0.05) is 17.6 Å². The number of rotatable bonds is 6. The summed E-state index contributed by atoms with van der Waals surface area (Å²) in [6.45, 7) is 4.25. The zero-order valence-electron chi connectivity index (χ0n) is 16.6. The predicted octanol–water partition coefficient (Wildman–Crippen LogP) is 5.15. The van der Waals surface area contributed by atoms with Crippen LogP contribution in [0, 0.1) is 13.8 Å². The molecule has 0 saturated carbocycles. The number of hydrogen-bond donors (Lipinski definition) is 1. The van der Waals surface area contributed by atoms with E-state index in [1.807, 2.05) is 43.0 Å². The fourth-order valence-corrected chi connectivity index (χ4v) is 4.17. The van der Waals surface area contributed by atoms with Crippen LogP contribution in [0.25, 0.3) is 22.2 Å². The van der Waals surface area contributed by atoms with Gasteiger partial charge in [-0.3, -0.25) is 9.59 Å². The van der Waals surface area contributed by atoms with E-state index in [0.29, 0.717) is 27.4 Å². The summed E-state index contributed by atoms with van der Waals surface area (Å²) in [5.74, 6) is -0.878. The van der Waals surface area contributed by atoms with Crippen molar-refractivity contribution in [3.8, 4) is 11.3 Å². The first-order valence-electron chi connectivity index (χ1n) is 9.47. The van der Waals surface area contributed by atoms with E-state index >= 15 is 0 Å². The number of hydrogen-bond acceptors (Lipinski definition) is 6. The summed E-state index contributed by atoms with van der Waals surface area (Å²) >= 11 is 1.37. The van der Waals surface area contributed by atoms with Gasteiger partial charge in [0.15, 0.2) is 5.13 Å². The van der Waals surface area contributed by atoms with Crippen molar-refractivity contribution < 1.29 is 14.3 Å². The average Bonchev–Trinajstić information content (AvgIpc) is 3.20. The number of fused-ring (bicyclic) bond motifs is 1. The molecule has 0 radical (unpaired) electrons. The topological polar surface area (TPSA) is 83.6 Å². The zero-order chi connectivity index (χ0) is 21.3. The molecule has 4 aromatic rings. The SMILES string of the molecule is Cc1ccc(C)c(N(CCC(=O)O)c2nc(-c3coc4ccccc4c3=O)cs2)c1. The van der Waals surface area contributed by atoms with Gasteiger partial charge in [-0.15, -0.1) is 11.3 Å². The fourth-order valence-electron chi connectivity index (χ4n) is 3.30. The predicted molar refractivity (Wildman–Crippen MR) is 119 cm³/mol. The smallest absolute Gasteiger partial charge is 0.305 e. The lowest BCUT2D eigenvalue weighted by Crippen LogP contribution is -2.21. The molecule has 0 aliphatic heterocycles. The third kappa shape index (κ3) is 3.84. The lowest BCUT2D eigenvalue weighted by Gasteiger charge is -2.23. The summed E-state index contributed by atoms with van der Waals surface area (Å²) in [4.78, 5) is 30.7. The van der Waals surface area contributed by atoms with Crippen LogP contribution in [0.2, 0.25) is 0 Å². The van der Waals surface area contributed by atoms with Crippen LogP contribution >= 0.6 is 11.3 Å². The molecule has 30 heavy (non-hydrogen) atoms. The van der Waals surface area contributed by atoms with Crippen LogP contribution < -0.4 is 10.3 Å². The number of carbonyl (C=O) groups is 1. The van der Waals surface area contributed by atoms with Gasteiger partial charge in [0.25, 0.3) is 0 Å². The van der Waals surface area contributed by atoms with Gasteiger partial charge in [0.2, 0.25) is 5.43 Å². The Morgan fingerprint density at radius 3 is 2.80 bits per heavy atom. The van der Waals surface area contributed by atoms with Crippen LogP contribution in [0.5, 0.6) is 0 Å². The van der Waals surface area contributed by atoms with E-state index < -0.39 is 5.97 Å². The Kier molecular flexibility index (Phi) is 5.37. The first-order valence-corrected chi connectivity index (χ1v) is 10.3. The highest BCUT2D eigenvalue weighted by Crippen LogP contribution is 2.34. The Balaban J connectivity index is 1.77. The van der Waals surface area contributed by atoms with Crippen LogP contribution in [0.15, 0.2) is 63.3 Å². The quantitative estimate of drug-likeness (QED) is 0.465. The molecule has 0 unspecified atom stereocenters. The van der Waals surface area contributed by atoms with E-state index in [2.05, 4.69) is 4.98 Å². The molecule has 1 N–H and O–H groups in total. The standard InChI is InChI=1S/C23H20N2O4S/c1-14-7-8-15(2)19(11-14)25(10-9-21(26)27)23-24-18(13-30-23)17-12-29-20-6-4-3-5-16(20)22(17)28/h3-8,11-13H,9-10H2,1-2H3,(H,26,27). The Morgan fingerprint density at radius 2 is 2.00 bits per heavy atom. The molecule has 152 valence electrons. The van der Waals surface area contributed by atoms with Crippen LogP contribution in [0.3, 0.4) is 0 Å². The highest BCUT2D eigenvalue weighted by atomic mass is 32.1. The van der Waals surface area contributed by atoms with Crippen LogP contribution in [0.1, 0.15) is 17.5 Å². The fraction of sp³-hybridized carbons (Fsp3) is 0.174. The van der Waals surface area contributed by atoms with Gasteiger partial charge in [0.05, 0.1) is 23.1 Å². The largest absolute Gasteiger partial charge is 0.481 e. The summed E-state index contributed by atoms with van der Waals surface area (Å²) in [6.07, 6.45) is 1.41. The normalized spacial score (nSPS) is 11.0. The number of benzene rings is 2. The second kappa shape index (κ2) is 8.12. The van der Waals surface area contributed by atoms with Gasteiger partial charge >= 0.3 is 5.97 Å². The van der Waals surface area contributed by atoms with Gasteiger partial charge in [-0.05, 0) is 43.2 Å². The summed E-state index contributed by atoms with van der Waals surface area (Å²) in [5, 5.41) is 12.1. The number of thiazole rings is 1. The Morgan fingerprint density at radius 1 is 1.20 bits per heavy atom. The van der Waals surface area contributed by atoms with Crippen molar-refractivity contribution in [3.63, 3.8) is 0 Å². The third-order valence-corrected chi connectivity index (χ3v) is 5.75. The number of aryl methyl sites for hydroxylation is 2. The first-order chi connectivity index (χ1) is 14.4. The van der Waals surface area contributed by atoms with Crippen molar-refractivity contribution in [2.45, 2.75) is 20.3 Å². The third-order valence-electron chi connectivity index (χ3n) is 4.88. The van der Waals surface area contributed by atoms with E-state index in [9.17, 15) is 14.7 Å². The summed E-state index contributed by atoms with van der Waals surface area (Å²) < 4.78 is 5.62. The minimum Gasteiger partial charge on any atom is -0.481 e. The van der Waals surface area contributed by atoms with E-state index in [1.165, 1.54) is 17.6 Å². The van der Waals surface area contributed by atoms with Gasteiger partial charge in [-0.25, -0.2) is 4.98 Å². The van der Waals surface area contributed by atoms with Crippen LogP contribution in [-0.4, -0.2) is 22.6 Å². The van der Waals surface area contributed by atoms with Gasteiger partial charge < -0.3 is 14.4 Å². The molecule has 2 heterocycles. The number of carboxylic acid groups (broad SMARTS) is 1. The van der Waals surface area contributed by atoms with Crippen molar-refractivity contribution in [3.05, 3.63) is 75.5 Å². The van der Waals surface area contributed by atoms with Crippen molar-refractivity contribution >= 4 is 39.1 Å². The molecule has 0 aliphatic rings. The van der Waals surface area contributed by atoms with Crippen molar-refractivity contribution in [2.24, 2.45) is 0 Å². The Bertz CT molecular complexity index is 1290. The van der Waals surface area contributed by atoms with Crippen molar-refractivity contribution in [1.29, 1.82) is 0 Å². The molecule has 7 heteroatoms. The average molecular weight is 420 g/mol. The minimum absolute atomic E-state index is 0.0274. The molecule has 0 amide bonds. The molecule has 0 bridgehead atoms. The van der Waals surface area contributed by atoms with Crippen LogP contribution in [-0.2, 0) is 4.79 Å². The molecule has 0 spiro atoms. The molecule has 0 saturated heterocycles. The second-order valence-electron chi connectivity index (χ2n) is 7.08. The number of nitrogens with zero attached hydrogens (tertiary/aromatic N) is 2. The Labute approximate surface area is 177 Å². The van der Waals surface area contributed by atoms with Crippen LogP contribution in [0.4, 0.5) is 10.8 Å². The monoisotopic (exact) mass is 420 g/mol. The van der Waals surface area contributed by atoms with E-state index in [-0.39, 0.29) is 18.4 Å². The molecule has 0 atom stereocenters. The highest BCUT2D eigenvalue weighted by molar-refractivity contribution is 7.14. The maximum absolute atomic E-state index is 12.9. The first kappa shape index (κ1) is 19.8. The molecular weight excluding hydrogens is 400 g/mol. The van der Waals surface area contributed by atoms with E-state index in [0.717, 1.165) is 16.8 Å². The maximum Gasteiger partial charge on any atom is 0.305 e. The van der Waals surface area contributed by atoms with Crippen molar-refractivity contribution in [2.75, 3.05) is 11.4 Å². The molecule has 0 fully saturated rings. The van der Waals surface area contributed by atoms with E-state index in [4.69, 9.17) is 4.42 Å². The lowest BCUT2D eigenvalue weighted by molar-refractivity contribution is -0.136. The number of anilines is 2. The number of aliphatic carboxylic acids is 1. The Hall–Kier alpha value is -3.45. The molecule has 0 aliphatic carbocycles. The molecule has 2 aromatic heterocycles.